The zero-order valence-electron chi connectivity index (χ0n) is 20.8. The fraction of sp³-hybridized carbons (Fsp3) is 0.333. The largest absolute Gasteiger partial charge is 0.376 e. The highest BCUT2D eigenvalue weighted by Gasteiger charge is 2.48. The van der Waals surface area contributed by atoms with Gasteiger partial charge in [0.15, 0.2) is 12.4 Å². The Hall–Kier alpha value is -3.20. The Kier molecular flexibility index (Phi) is 6.83. The van der Waals surface area contributed by atoms with E-state index in [0.29, 0.717) is 28.0 Å². The summed E-state index contributed by atoms with van der Waals surface area (Å²) in [6.07, 6.45) is 4.91. The quantitative estimate of drug-likeness (QED) is 0.375. The second-order valence-corrected chi connectivity index (χ2v) is 10.5. The van der Waals surface area contributed by atoms with E-state index in [1.165, 1.54) is 9.58 Å². The van der Waals surface area contributed by atoms with Crippen LogP contribution in [0.3, 0.4) is 0 Å². The second kappa shape index (κ2) is 9.93. The average Bonchev–Trinajstić information content (AvgIpc) is 3.55. The van der Waals surface area contributed by atoms with Gasteiger partial charge in [0, 0.05) is 23.9 Å². The van der Waals surface area contributed by atoms with Crippen molar-refractivity contribution in [3.05, 3.63) is 79.9 Å². The lowest BCUT2D eigenvalue weighted by Crippen LogP contribution is -2.42. The summed E-state index contributed by atoms with van der Waals surface area (Å²) in [6, 6.07) is 8.54. The minimum atomic E-state index is -0.510. The summed E-state index contributed by atoms with van der Waals surface area (Å²) >= 11 is 12.3. The number of rotatable bonds is 6. The molecule has 1 aromatic carbocycles. The normalized spacial score (nSPS) is 18.1. The lowest BCUT2D eigenvalue weighted by molar-refractivity contribution is -0.577. The van der Waals surface area contributed by atoms with Gasteiger partial charge in [-0.15, -0.1) is 0 Å². The SMILES string of the molecule is Cc1ccc[n+](C2=C(c3c(C(C)C)[nH]n(-c4ccc(Cl)c(Cl)c4)c3=O)C(=O)N(CC3CCCO3)C2=O)c1. The van der Waals surface area contributed by atoms with Gasteiger partial charge in [-0.05, 0) is 49.9 Å². The molecule has 0 radical (unpaired) electrons. The maximum absolute atomic E-state index is 13.9. The van der Waals surface area contributed by atoms with Crippen molar-refractivity contribution >= 4 is 46.3 Å². The smallest absolute Gasteiger partial charge is 0.327 e. The van der Waals surface area contributed by atoms with Gasteiger partial charge in [0.05, 0.1) is 33.9 Å². The number of halogens is 2. The molecular formula is C27H27Cl2N4O4+. The lowest BCUT2D eigenvalue weighted by atomic mass is 9.98. The van der Waals surface area contributed by atoms with E-state index in [4.69, 9.17) is 27.9 Å². The number of hydrogen-bond acceptors (Lipinski definition) is 4. The average molecular weight is 542 g/mol. The first-order valence-corrected chi connectivity index (χ1v) is 12.9. The Morgan fingerprint density at radius 2 is 1.92 bits per heavy atom. The third kappa shape index (κ3) is 4.54. The molecule has 1 unspecified atom stereocenters. The first-order valence-electron chi connectivity index (χ1n) is 12.2. The molecule has 37 heavy (non-hydrogen) atoms. The standard InChI is InChI=1S/C27H26Cl2N4O4/c1-15(2)23-21(26(35)33(30-23)17-8-9-19(28)20(29)12-17)22-24(31-10-4-6-16(3)13-31)27(36)32(25(22)34)14-18-7-5-11-37-18/h4,6,8-10,12-13,15,18H,5,7,11,14H2,1-3H3/p+1. The molecule has 4 heterocycles. The molecule has 5 rings (SSSR count). The van der Waals surface area contributed by atoms with E-state index in [9.17, 15) is 14.4 Å². The summed E-state index contributed by atoms with van der Waals surface area (Å²) in [7, 11) is 0. The topological polar surface area (TPSA) is 88.3 Å². The molecule has 1 saturated heterocycles. The molecule has 1 N–H and O–H groups in total. The van der Waals surface area contributed by atoms with Crippen LogP contribution in [0.5, 0.6) is 0 Å². The molecular weight excluding hydrogens is 515 g/mol. The number of pyridine rings is 1. The molecule has 1 atom stereocenters. The number of aryl methyl sites for hydroxylation is 1. The van der Waals surface area contributed by atoms with Gasteiger partial charge in [0.1, 0.15) is 5.57 Å². The first kappa shape index (κ1) is 25.4. The van der Waals surface area contributed by atoms with Crippen molar-refractivity contribution in [2.45, 2.75) is 45.6 Å². The minimum absolute atomic E-state index is 0.0716. The number of nitrogens with one attached hydrogen (secondary N) is 1. The van der Waals surface area contributed by atoms with Crippen molar-refractivity contribution in [1.82, 2.24) is 14.7 Å². The minimum Gasteiger partial charge on any atom is -0.376 e. The van der Waals surface area contributed by atoms with Crippen molar-refractivity contribution in [1.29, 1.82) is 0 Å². The zero-order valence-corrected chi connectivity index (χ0v) is 22.3. The van der Waals surface area contributed by atoms with E-state index in [-0.39, 0.29) is 35.4 Å². The first-order chi connectivity index (χ1) is 17.7. The van der Waals surface area contributed by atoms with Crippen molar-refractivity contribution in [3.63, 3.8) is 0 Å². The van der Waals surface area contributed by atoms with Crippen molar-refractivity contribution in [3.8, 4) is 5.69 Å². The number of imide groups is 1. The molecule has 0 spiro atoms. The molecule has 0 bridgehead atoms. The van der Waals surface area contributed by atoms with Crippen LogP contribution in [-0.4, -0.2) is 45.8 Å². The van der Waals surface area contributed by atoms with Gasteiger partial charge in [-0.3, -0.25) is 24.4 Å². The number of carbonyl (C=O) groups is 2. The van der Waals surface area contributed by atoms with Crippen LogP contribution < -0.4 is 10.1 Å². The molecule has 0 aliphatic carbocycles. The van der Waals surface area contributed by atoms with Crippen LogP contribution in [0.15, 0.2) is 47.5 Å². The predicted octanol–water partition coefficient (Wildman–Crippen LogP) is 4.11. The van der Waals surface area contributed by atoms with Crippen LogP contribution >= 0.6 is 23.2 Å². The number of aromatic nitrogens is 3. The molecule has 1 fully saturated rings. The number of H-pyrrole nitrogens is 1. The van der Waals surface area contributed by atoms with E-state index < -0.39 is 17.4 Å². The Morgan fingerprint density at radius 1 is 1.14 bits per heavy atom. The van der Waals surface area contributed by atoms with Gasteiger partial charge in [0.25, 0.3) is 17.2 Å². The van der Waals surface area contributed by atoms with Crippen LogP contribution in [0.1, 0.15) is 49.4 Å². The molecule has 2 aliphatic heterocycles. The second-order valence-electron chi connectivity index (χ2n) is 9.66. The van der Waals surface area contributed by atoms with Crippen LogP contribution in [0.4, 0.5) is 0 Å². The van der Waals surface area contributed by atoms with Crippen LogP contribution in [0.2, 0.25) is 10.0 Å². The van der Waals surface area contributed by atoms with Gasteiger partial charge in [-0.1, -0.05) is 37.0 Å². The summed E-state index contributed by atoms with van der Waals surface area (Å²) in [5, 5.41) is 3.80. The third-order valence-electron chi connectivity index (χ3n) is 6.67. The van der Waals surface area contributed by atoms with E-state index in [0.717, 1.165) is 18.4 Å². The molecule has 2 aromatic heterocycles. The van der Waals surface area contributed by atoms with E-state index in [1.807, 2.05) is 26.8 Å². The number of carbonyl (C=O) groups excluding carboxylic acids is 2. The number of aromatic amines is 1. The molecule has 2 amide bonds. The highest BCUT2D eigenvalue weighted by atomic mass is 35.5. The fourth-order valence-corrected chi connectivity index (χ4v) is 5.13. The van der Waals surface area contributed by atoms with Gasteiger partial charge in [-0.2, -0.15) is 4.57 Å². The Labute approximate surface area is 224 Å². The maximum atomic E-state index is 13.9. The van der Waals surface area contributed by atoms with Crippen molar-refractivity contribution in [2.24, 2.45) is 0 Å². The Morgan fingerprint density at radius 3 is 2.57 bits per heavy atom. The number of nitrogens with zero attached hydrogens (tertiary/aromatic N) is 3. The Bertz CT molecular complexity index is 1500. The number of benzene rings is 1. The third-order valence-corrected chi connectivity index (χ3v) is 7.41. The maximum Gasteiger partial charge on any atom is 0.327 e. The molecule has 8 nitrogen and oxygen atoms in total. The van der Waals surface area contributed by atoms with Crippen LogP contribution in [-0.2, 0) is 14.3 Å². The number of amides is 2. The van der Waals surface area contributed by atoms with E-state index in [1.54, 1.807) is 41.2 Å². The molecule has 3 aromatic rings. The van der Waals surface area contributed by atoms with Crippen molar-refractivity contribution < 1.29 is 18.9 Å². The summed E-state index contributed by atoms with van der Waals surface area (Å²) < 4.78 is 8.67. The fourth-order valence-electron chi connectivity index (χ4n) is 4.84. The summed E-state index contributed by atoms with van der Waals surface area (Å²) in [6.45, 7) is 6.47. The van der Waals surface area contributed by atoms with Gasteiger partial charge < -0.3 is 4.74 Å². The van der Waals surface area contributed by atoms with Crippen molar-refractivity contribution in [2.75, 3.05) is 13.2 Å². The van der Waals surface area contributed by atoms with E-state index in [2.05, 4.69) is 5.10 Å². The molecule has 192 valence electrons. The highest BCUT2D eigenvalue weighted by molar-refractivity contribution is 6.44. The van der Waals surface area contributed by atoms with Crippen LogP contribution in [0.25, 0.3) is 17.0 Å². The summed E-state index contributed by atoms with van der Waals surface area (Å²) in [5.74, 6) is -1.12. The molecule has 10 heteroatoms. The van der Waals surface area contributed by atoms with Gasteiger partial charge in [0.2, 0.25) is 0 Å². The summed E-state index contributed by atoms with van der Waals surface area (Å²) in [5.41, 5.74) is 1.83. The van der Waals surface area contributed by atoms with E-state index >= 15 is 0 Å². The lowest BCUT2D eigenvalue weighted by Gasteiger charge is -2.18. The monoisotopic (exact) mass is 541 g/mol. The van der Waals surface area contributed by atoms with Gasteiger partial charge >= 0.3 is 5.91 Å². The zero-order chi connectivity index (χ0) is 26.4. The summed E-state index contributed by atoms with van der Waals surface area (Å²) in [4.78, 5) is 42.8. The number of hydrogen-bond donors (Lipinski definition) is 1. The van der Waals surface area contributed by atoms with Gasteiger partial charge in [-0.25, -0.2) is 4.68 Å². The highest BCUT2D eigenvalue weighted by Crippen LogP contribution is 2.33. The number of ether oxygens (including phenoxy) is 1. The molecule has 2 aliphatic rings. The Balaban J connectivity index is 1.73. The predicted molar refractivity (Wildman–Crippen MR) is 141 cm³/mol. The molecule has 0 saturated carbocycles. The van der Waals surface area contributed by atoms with Crippen LogP contribution in [0, 0.1) is 6.92 Å².